The molecule has 1 aliphatic carbocycles. The third-order valence-electron chi connectivity index (χ3n) is 3.33. The summed E-state index contributed by atoms with van der Waals surface area (Å²) in [5.41, 5.74) is 7.00. The average Bonchev–Trinajstić information content (AvgIpc) is 2.69. The van der Waals surface area contributed by atoms with Crippen LogP contribution in [-0.2, 0) is 18.4 Å². The Morgan fingerprint density at radius 1 is 1.29 bits per heavy atom. The molecule has 0 saturated heterocycles. The molecule has 0 fully saturated rings. The smallest absolute Gasteiger partial charge is 0.180 e. The maximum atomic E-state index is 10.7. The Kier molecular flexibility index (Phi) is 2.42. The molecule has 17 heavy (non-hydrogen) atoms. The van der Waals surface area contributed by atoms with Crippen LogP contribution in [0, 0.1) is 0 Å². The van der Waals surface area contributed by atoms with E-state index in [2.05, 4.69) is 4.98 Å². The summed E-state index contributed by atoms with van der Waals surface area (Å²) in [6.45, 7) is 0. The minimum Gasteiger partial charge on any atom is -0.385 e. The first-order valence-corrected chi connectivity index (χ1v) is 6.51. The molecule has 1 aromatic heterocycles. The van der Waals surface area contributed by atoms with Crippen molar-refractivity contribution in [3.05, 3.63) is 46.5 Å². The monoisotopic (exact) mass is 246 g/mol. The van der Waals surface area contributed by atoms with Crippen molar-refractivity contribution in [2.75, 3.05) is 5.73 Å². The van der Waals surface area contributed by atoms with Crippen molar-refractivity contribution < 1.29 is 5.11 Å². The first kappa shape index (κ1) is 10.7. The quantitative estimate of drug-likeness (QED) is 0.810. The van der Waals surface area contributed by atoms with E-state index in [1.807, 2.05) is 30.3 Å². The second-order valence-electron chi connectivity index (χ2n) is 4.50. The highest BCUT2D eigenvalue weighted by Crippen LogP contribution is 2.38. The number of benzene rings is 1. The first-order valence-electron chi connectivity index (χ1n) is 5.69. The van der Waals surface area contributed by atoms with Gasteiger partial charge in [-0.25, -0.2) is 4.98 Å². The molecule has 0 saturated carbocycles. The van der Waals surface area contributed by atoms with E-state index in [1.165, 1.54) is 11.3 Å². The van der Waals surface area contributed by atoms with Crippen molar-refractivity contribution in [3.8, 4) is 0 Å². The van der Waals surface area contributed by atoms with Crippen molar-refractivity contribution in [3.63, 3.8) is 0 Å². The van der Waals surface area contributed by atoms with Gasteiger partial charge in [-0.2, -0.15) is 0 Å². The summed E-state index contributed by atoms with van der Waals surface area (Å²) >= 11 is 1.49. The Morgan fingerprint density at radius 3 is 2.82 bits per heavy atom. The van der Waals surface area contributed by atoms with E-state index < -0.39 is 5.60 Å². The zero-order valence-electron chi connectivity index (χ0n) is 9.39. The second kappa shape index (κ2) is 3.82. The summed E-state index contributed by atoms with van der Waals surface area (Å²) in [7, 11) is 0. The minimum absolute atomic E-state index is 0.604. The van der Waals surface area contributed by atoms with Crippen LogP contribution in [-0.4, -0.2) is 10.1 Å². The topological polar surface area (TPSA) is 59.1 Å². The lowest BCUT2D eigenvalue weighted by atomic mass is 9.81. The number of fused-ring (bicyclic) bond motifs is 1. The van der Waals surface area contributed by atoms with Crippen LogP contribution in [0.2, 0.25) is 0 Å². The van der Waals surface area contributed by atoms with Gasteiger partial charge >= 0.3 is 0 Å². The summed E-state index contributed by atoms with van der Waals surface area (Å²) < 4.78 is 0. The Bertz CT molecular complexity index is 538. The third-order valence-corrected chi connectivity index (χ3v) is 4.26. The van der Waals surface area contributed by atoms with Crippen LogP contribution in [0.1, 0.15) is 22.6 Å². The molecule has 1 aromatic carbocycles. The van der Waals surface area contributed by atoms with Gasteiger partial charge in [0.15, 0.2) is 5.13 Å². The Hall–Kier alpha value is -1.39. The van der Waals surface area contributed by atoms with E-state index in [0.29, 0.717) is 18.0 Å². The molecule has 0 spiro atoms. The van der Waals surface area contributed by atoms with Gasteiger partial charge in [0.2, 0.25) is 0 Å². The number of nitrogen functional groups attached to an aromatic ring is 1. The number of rotatable bonds is 1. The lowest BCUT2D eigenvalue weighted by Gasteiger charge is -2.31. The van der Waals surface area contributed by atoms with Gasteiger partial charge in [-0.1, -0.05) is 30.3 Å². The number of thiazole rings is 1. The second-order valence-corrected chi connectivity index (χ2v) is 5.61. The van der Waals surface area contributed by atoms with E-state index in [4.69, 9.17) is 5.73 Å². The molecule has 88 valence electrons. The van der Waals surface area contributed by atoms with Gasteiger partial charge in [0.25, 0.3) is 0 Å². The van der Waals surface area contributed by atoms with Gasteiger partial charge in [-0.05, 0) is 18.4 Å². The predicted octanol–water partition coefficient (Wildman–Crippen LogP) is 2.10. The summed E-state index contributed by atoms with van der Waals surface area (Å²) in [4.78, 5) is 5.42. The molecule has 0 bridgehead atoms. The molecule has 3 nitrogen and oxygen atoms in total. The molecule has 0 radical (unpaired) electrons. The van der Waals surface area contributed by atoms with E-state index in [0.717, 1.165) is 22.6 Å². The number of anilines is 1. The van der Waals surface area contributed by atoms with Crippen molar-refractivity contribution in [2.24, 2.45) is 0 Å². The van der Waals surface area contributed by atoms with Crippen LogP contribution < -0.4 is 5.73 Å². The number of nitrogens with two attached hydrogens (primary N) is 1. The first-order chi connectivity index (χ1) is 8.17. The van der Waals surface area contributed by atoms with Crippen LogP contribution in [0.25, 0.3) is 0 Å². The SMILES string of the molecule is Nc1nc2c(s1)CC(O)(c1ccccc1)CC2. The normalized spacial score (nSPS) is 23.4. The van der Waals surface area contributed by atoms with Gasteiger partial charge in [-0.3, -0.25) is 0 Å². The highest BCUT2D eigenvalue weighted by atomic mass is 32.1. The average molecular weight is 246 g/mol. The zero-order valence-corrected chi connectivity index (χ0v) is 10.2. The molecule has 4 heteroatoms. The summed E-state index contributed by atoms with van der Waals surface area (Å²) in [5.74, 6) is 0. The number of aromatic nitrogens is 1. The maximum Gasteiger partial charge on any atom is 0.180 e. The Labute approximate surface area is 104 Å². The van der Waals surface area contributed by atoms with Crippen LogP contribution in [0.5, 0.6) is 0 Å². The van der Waals surface area contributed by atoms with E-state index >= 15 is 0 Å². The maximum absolute atomic E-state index is 10.7. The fraction of sp³-hybridized carbons (Fsp3) is 0.308. The van der Waals surface area contributed by atoms with Crippen LogP contribution in [0.15, 0.2) is 30.3 Å². The molecular weight excluding hydrogens is 232 g/mol. The molecule has 3 N–H and O–H groups in total. The van der Waals surface area contributed by atoms with Crippen LogP contribution in [0.3, 0.4) is 0 Å². The van der Waals surface area contributed by atoms with E-state index in [-0.39, 0.29) is 0 Å². The van der Waals surface area contributed by atoms with Crippen LogP contribution >= 0.6 is 11.3 Å². The van der Waals surface area contributed by atoms with Crippen LogP contribution in [0.4, 0.5) is 5.13 Å². The fourth-order valence-electron chi connectivity index (χ4n) is 2.41. The Balaban J connectivity index is 1.97. The molecule has 3 rings (SSSR count). The number of aryl methyl sites for hydroxylation is 1. The summed E-state index contributed by atoms with van der Waals surface area (Å²) in [6.07, 6.45) is 2.14. The molecule has 0 amide bonds. The van der Waals surface area contributed by atoms with Crippen molar-refractivity contribution in [1.29, 1.82) is 0 Å². The standard InChI is InChI=1S/C13H14N2OS/c14-12-15-10-6-7-13(16,8-11(10)17-12)9-4-2-1-3-5-9/h1-5,16H,6-8H2,(H2,14,15). The third kappa shape index (κ3) is 1.83. The molecule has 1 aliphatic rings. The van der Waals surface area contributed by atoms with Gasteiger partial charge in [-0.15, -0.1) is 11.3 Å². The highest BCUT2D eigenvalue weighted by Gasteiger charge is 2.35. The van der Waals surface area contributed by atoms with Gasteiger partial charge in [0.1, 0.15) is 0 Å². The zero-order chi connectivity index (χ0) is 11.9. The van der Waals surface area contributed by atoms with Crippen molar-refractivity contribution in [2.45, 2.75) is 24.9 Å². The predicted molar refractivity (Wildman–Crippen MR) is 68.9 cm³/mol. The molecule has 2 aromatic rings. The van der Waals surface area contributed by atoms with E-state index in [9.17, 15) is 5.11 Å². The highest BCUT2D eigenvalue weighted by molar-refractivity contribution is 7.15. The van der Waals surface area contributed by atoms with Crippen molar-refractivity contribution >= 4 is 16.5 Å². The molecule has 1 atom stereocenters. The molecule has 0 aliphatic heterocycles. The van der Waals surface area contributed by atoms with E-state index in [1.54, 1.807) is 0 Å². The summed E-state index contributed by atoms with van der Waals surface area (Å²) in [6, 6.07) is 9.85. The summed E-state index contributed by atoms with van der Waals surface area (Å²) in [5, 5.41) is 11.3. The number of hydrogen-bond donors (Lipinski definition) is 2. The van der Waals surface area contributed by atoms with Crippen molar-refractivity contribution in [1.82, 2.24) is 4.98 Å². The van der Waals surface area contributed by atoms with Gasteiger partial charge < -0.3 is 10.8 Å². The van der Waals surface area contributed by atoms with Gasteiger partial charge in [0.05, 0.1) is 11.3 Å². The Morgan fingerprint density at radius 2 is 2.06 bits per heavy atom. The van der Waals surface area contributed by atoms with Gasteiger partial charge in [0, 0.05) is 11.3 Å². The molecule has 1 heterocycles. The minimum atomic E-state index is -0.757. The number of nitrogens with zero attached hydrogens (tertiary/aromatic N) is 1. The number of aliphatic hydroxyl groups is 1. The molecule has 1 unspecified atom stereocenters. The fourth-order valence-corrected chi connectivity index (χ4v) is 3.40. The largest absolute Gasteiger partial charge is 0.385 e. The lowest BCUT2D eigenvalue weighted by Crippen LogP contribution is -2.32. The lowest BCUT2D eigenvalue weighted by molar-refractivity contribution is 0.0229. The molecular formula is C13H14N2OS. The number of hydrogen-bond acceptors (Lipinski definition) is 4.